The molecule has 0 saturated heterocycles. The zero-order valence-electron chi connectivity index (χ0n) is 10.4. The van der Waals surface area contributed by atoms with Gasteiger partial charge in [-0.25, -0.2) is 4.79 Å². The summed E-state index contributed by atoms with van der Waals surface area (Å²) in [6, 6.07) is -0.907. The van der Waals surface area contributed by atoms with E-state index in [0.717, 1.165) is 0 Å². The first kappa shape index (κ1) is 16.5. The van der Waals surface area contributed by atoms with E-state index in [-0.39, 0.29) is 5.92 Å². The second-order valence-corrected chi connectivity index (χ2v) is 4.13. The summed E-state index contributed by atoms with van der Waals surface area (Å²) in [5.74, 6) is -0.386. The summed E-state index contributed by atoms with van der Waals surface area (Å²) in [6.07, 6.45) is -5.54. The van der Waals surface area contributed by atoms with E-state index in [1.54, 1.807) is 0 Å². The number of amides is 2. The zero-order valence-corrected chi connectivity index (χ0v) is 10.4. The molecule has 2 amide bonds. The average molecular weight is 270 g/mol. The molecule has 0 aliphatic heterocycles. The number of ether oxygens (including phenoxy) is 1. The van der Waals surface area contributed by atoms with Crippen LogP contribution in [0.25, 0.3) is 0 Å². The molecule has 5 nitrogen and oxygen atoms in total. The van der Waals surface area contributed by atoms with Crippen LogP contribution < -0.4 is 10.6 Å². The molecular formula is C10H17F3N2O3. The van der Waals surface area contributed by atoms with Crippen LogP contribution >= 0.6 is 0 Å². The molecule has 0 aromatic heterocycles. The van der Waals surface area contributed by atoms with Crippen molar-refractivity contribution < 1.29 is 27.5 Å². The number of alkyl carbamates (subject to hydrolysis) is 1. The van der Waals surface area contributed by atoms with E-state index in [1.807, 2.05) is 13.8 Å². The Morgan fingerprint density at radius 2 is 1.83 bits per heavy atom. The third-order valence-corrected chi connectivity index (χ3v) is 1.93. The van der Waals surface area contributed by atoms with Gasteiger partial charge < -0.3 is 15.4 Å². The lowest BCUT2D eigenvalue weighted by molar-refractivity contribution is -0.160. The van der Waals surface area contributed by atoms with Crippen molar-refractivity contribution in [2.24, 2.45) is 5.92 Å². The van der Waals surface area contributed by atoms with Crippen molar-refractivity contribution >= 4 is 12.0 Å². The summed E-state index contributed by atoms with van der Waals surface area (Å²) in [5, 5.41) is 4.42. The highest BCUT2D eigenvalue weighted by atomic mass is 19.4. The van der Waals surface area contributed by atoms with Crippen molar-refractivity contribution in [3.63, 3.8) is 0 Å². The molecule has 2 N–H and O–H groups in total. The third kappa shape index (κ3) is 7.75. The van der Waals surface area contributed by atoms with Crippen LogP contribution in [0.5, 0.6) is 0 Å². The van der Waals surface area contributed by atoms with Gasteiger partial charge in [0, 0.05) is 7.05 Å². The molecule has 1 atom stereocenters. The number of alkyl halides is 3. The van der Waals surface area contributed by atoms with Gasteiger partial charge >= 0.3 is 12.3 Å². The van der Waals surface area contributed by atoms with Crippen molar-refractivity contribution in [2.75, 3.05) is 13.7 Å². The van der Waals surface area contributed by atoms with Crippen molar-refractivity contribution in [1.29, 1.82) is 0 Å². The van der Waals surface area contributed by atoms with Gasteiger partial charge in [-0.15, -0.1) is 0 Å². The van der Waals surface area contributed by atoms with Crippen LogP contribution in [0, 0.1) is 5.92 Å². The first-order chi connectivity index (χ1) is 8.15. The maximum Gasteiger partial charge on any atom is 0.422 e. The van der Waals surface area contributed by atoms with Gasteiger partial charge in [-0.1, -0.05) is 13.8 Å². The number of nitrogens with one attached hydrogen (secondary N) is 2. The normalized spacial score (nSPS) is 13.1. The van der Waals surface area contributed by atoms with E-state index < -0.39 is 30.8 Å². The maximum absolute atomic E-state index is 11.8. The number of carbonyl (C=O) groups excluding carboxylic acids is 2. The summed E-state index contributed by atoms with van der Waals surface area (Å²) in [7, 11) is 1.37. The average Bonchev–Trinajstić information content (AvgIpc) is 2.22. The van der Waals surface area contributed by atoms with Crippen molar-refractivity contribution in [3.8, 4) is 0 Å². The summed E-state index contributed by atoms with van der Waals surface area (Å²) >= 11 is 0. The molecule has 0 spiro atoms. The lowest BCUT2D eigenvalue weighted by Crippen LogP contribution is -2.47. The molecule has 0 aromatic carbocycles. The molecule has 0 radical (unpaired) electrons. The number of likely N-dealkylation sites (N-methyl/N-ethyl adjacent to an activating group) is 1. The van der Waals surface area contributed by atoms with E-state index in [2.05, 4.69) is 15.4 Å². The van der Waals surface area contributed by atoms with Gasteiger partial charge in [0.1, 0.15) is 6.04 Å². The first-order valence-electron chi connectivity index (χ1n) is 5.37. The Bertz CT molecular complexity index is 293. The van der Waals surface area contributed by atoms with Gasteiger partial charge in [0.05, 0.1) is 0 Å². The van der Waals surface area contributed by atoms with Gasteiger partial charge in [-0.05, 0) is 12.3 Å². The molecule has 0 rings (SSSR count). The smallest absolute Gasteiger partial charge is 0.422 e. The first-order valence-corrected chi connectivity index (χ1v) is 5.37. The summed E-state index contributed by atoms with van der Waals surface area (Å²) in [5.41, 5.74) is 0. The third-order valence-electron chi connectivity index (χ3n) is 1.93. The molecule has 0 saturated carbocycles. The van der Waals surface area contributed by atoms with E-state index in [1.165, 1.54) is 7.05 Å². The summed E-state index contributed by atoms with van der Waals surface area (Å²) in [4.78, 5) is 22.5. The molecular weight excluding hydrogens is 253 g/mol. The molecule has 106 valence electrons. The predicted octanol–water partition coefficient (Wildman–Crippen LogP) is 1.44. The highest BCUT2D eigenvalue weighted by Gasteiger charge is 2.30. The maximum atomic E-state index is 11.8. The number of hydrogen-bond acceptors (Lipinski definition) is 3. The van der Waals surface area contributed by atoms with E-state index in [4.69, 9.17) is 0 Å². The van der Waals surface area contributed by atoms with Crippen LogP contribution in [-0.4, -0.2) is 37.9 Å². The summed E-state index contributed by atoms with van der Waals surface area (Å²) in [6.45, 7) is 1.96. The highest BCUT2D eigenvalue weighted by Crippen LogP contribution is 2.14. The fourth-order valence-corrected chi connectivity index (χ4v) is 1.21. The Balaban J connectivity index is 4.31. The number of hydrogen-bond donors (Lipinski definition) is 2. The number of rotatable bonds is 5. The standard InChI is InChI=1S/C10H17F3N2O3/c1-6(2)4-7(8(16)14-3)15-9(17)18-5-10(11,12)13/h6-7H,4-5H2,1-3H3,(H,14,16)(H,15,17). The van der Waals surface area contributed by atoms with Crippen LogP contribution in [0.4, 0.5) is 18.0 Å². The minimum absolute atomic E-state index is 0.0928. The van der Waals surface area contributed by atoms with Gasteiger partial charge in [0.25, 0.3) is 0 Å². The van der Waals surface area contributed by atoms with Gasteiger partial charge in [0.15, 0.2) is 6.61 Å². The van der Waals surface area contributed by atoms with Crippen molar-refractivity contribution in [2.45, 2.75) is 32.5 Å². The fraction of sp³-hybridized carbons (Fsp3) is 0.800. The Kier molecular flexibility index (Phi) is 6.50. The molecule has 18 heavy (non-hydrogen) atoms. The van der Waals surface area contributed by atoms with Gasteiger partial charge in [-0.3, -0.25) is 4.79 Å². The fourth-order valence-electron chi connectivity index (χ4n) is 1.21. The minimum atomic E-state index is -4.59. The van der Waals surface area contributed by atoms with Crippen LogP contribution in [0.2, 0.25) is 0 Å². The number of carbonyl (C=O) groups is 2. The molecule has 0 bridgehead atoms. The van der Waals surface area contributed by atoms with E-state index >= 15 is 0 Å². The van der Waals surface area contributed by atoms with Crippen LogP contribution in [0.1, 0.15) is 20.3 Å². The van der Waals surface area contributed by atoms with Crippen LogP contribution in [0.3, 0.4) is 0 Å². The highest BCUT2D eigenvalue weighted by molar-refractivity contribution is 5.85. The zero-order chi connectivity index (χ0) is 14.3. The van der Waals surface area contributed by atoms with E-state index in [9.17, 15) is 22.8 Å². The molecule has 1 unspecified atom stereocenters. The Morgan fingerprint density at radius 1 is 1.28 bits per heavy atom. The second-order valence-electron chi connectivity index (χ2n) is 4.13. The minimum Gasteiger partial charge on any atom is -0.440 e. The monoisotopic (exact) mass is 270 g/mol. The lowest BCUT2D eigenvalue weighted by Gasteiger charge is -2.19. The molecule has 0 aliphatic carbocycles. The van der Waals surface area contributed by atoms with E-state index in [0.29, 0.717) is 6.42 Å². The molecule has 0 fully saturated rings. The van der Waals surface area contributed by atoms with Gasteiger partial charge in [-0.2, -0.15) is 13.2 Å². The van der Waals surface area contributed by atoms with Crippen molar-refractivity contribution in [3.05, 3.63) is 0 Å². The number of halogens is 3. The van der Waals surface area contributed by atoms with Gasteiger partial charge in [0.2, 0.25) is 5.91 Å². The Hall–Kier alpha value is -1.47. The molecule has 0 aliphatic rings. The largest absolute Gasteiger partial charge is 0.440 e. The molecule has 0 heterocycles. The lowest BCUT2D eigenvalue weighted by atomic mass is 10.0. The quantitative estimate of drug-likeness (QED) is 0.794. The second kappa shape index (κ2) is 7.07. The topological polar surface area (TPSA) is 67.4 Å². The van der Waals surface area contributed by atoms with Crippen LogP contribution in [-0.2, 0) is 9.53 Å². The van der Waals surface area contributed by atoms with Crippen molar-refractivity contribution in [1.82, 2.24) is 10.6 Å². The van der Waals surface area contributed by atoms with Crippen LogP contribution in [0.15, 0.2) is 0 Å². The Morgan fingerprint density at radius 3 is 2.22 bits per heavy atom. The predicted molar refractivity (Wildman–Crippen MR) is 57.8 cm³/mol. The molecule has 0 aromatic rings. The SMILES string of the molecule is CNC(=O)C(CC(C)C)NC(=O)OCC(F)(F)F. The summed E-state index contributed by atoms with van der Waals surface area (Å²) < 4.78 is 39.4. The molecule has 8 heteroatoms. The Labute approximate surface area is 103 Å².